The number of hydrogen-bond acceptors (Lipinski definition) is 2. The Morgan fingerprint density at radius 1 is 1.22 bits per heavy atom. The molecule has 1 aromatic heterocycles. The number of amides is 1. The topological polar surface area (TPSA) is 63.1 Å². The van der Waals surface area contributed by atoms with Gasteiger partial charge in [0.1, 0.15) is 11.0 Å². The van der Waals surface area contributed by atoms with E-state index in [1.807, 2.05) is 6.92 Å². The van der Waals surface area contributed by atoms with Crippen LogP contribution in [-0.4, -0.2) is 27.4 Å². The highest BCUT2D eigenvalue weighted by Gasteiger charge is 2.36. The molecule has 9 heteroatoms. The van der Waals surface area contributed by atoms with Gasteiger partial charge in [-0.25, -0.2) is 8.93 Å². The second kappa shape index (κ2) is 10.6. The molecule has 0 aliphatic heterocycles. The van der Waals surface area contributed by atoms with E-state index in [0.29, 0.717) is 28.5 Å². The van der Waals surface area contributed by atoms with Gasteiger partial charge in [-0.3, -0.25) is 4.79 Å². The Hall–Kier alpha value is -2.91. The molecule has 2 N–H and O–H groups in total. The van der Waals surface area contributed by atoms with Crippen LogP contribution in [0, 0.1) is 13.8 Å². The van der Waals surface area contributed by atoms with Crippen LogP contribution in [0.3, 0.4) is 0 Å². The van der Waals surface area contributed by atoms with Gasteiger partial charge in [-0.2, -0.15) is 13.2 Å². The minimum absolute atomic E-state index is 0.233. The van der Waals surface area contributed by atoms with E-state index in [1.54, 1.807) is 45.0 Å². The lowest BCUT2D eigenvalue weighted by atomic mass is 10.1. The molecular weight excluding hydrogens is 439 g/mol. The summed E-state index contributed by atoms with van der Waals surface area (Å²) >= 11 is 0. The number of carbonyl (C=O) groups is 1. The van der Waals surface area contributed by atoms with Crippen LogP contribution in [-0.2, 0) is 11.0 Å². The normalized spacial score (nSPS) is 13.4. The van der Waals surface area contributed by atoms with Crippen LogP contribution in [0.25, 0.3) is 5.70 Å². The van der Waals surface area contributed by atoms with Gasteiger partial charge < -0.3 is 9.88 Å². The quantitative estimate of drug-likeness (QED) is 0.504. The average molecular weight is 466 g/mol. The van der Waals surface area contributed by atoms with Crippen molar-refractivity contribution >= 4 is 28.3 Å². The van der Waals surface area contributed by atoms with Crippen LogP contribution < -0.4 is 10.0 Å². The van der Waals surface area contributed by atoms with Gasteiger partial charge in [0, 0.05) is 23.6 Å². The molecule has 1 heterocycles. The Bertz CT molecular complexity index is 1080. The molecule has 2 aromatic rings. The number of rotatable bonds is 8. The molecular formula is C23H26F3N3O2S. The summed E-state index contributed by atoms with van der Waals surface area (Å²) in [6, 6.07) is 8.00. The van der Waals surface area contributed by atoms with Gasteiger partial charge >= 0.3 is 6.18 Å². The number of nitrogens with zero attached hydrogens (tertiary/aromatic N) is 1. The van der Waals surface area contributed by atoms with Crippen molar-refractivity contribution in [1.82, 2.24) is 9.29 Å². The number of nitrogens with one attached hydrogen (secondary N) is 2. The highest BCUT2D eigenvalue weighted by atomic mass is 32.2. The first-order valence-corrected chi connectivity index (χ1v) is 11.0. The van der Waals surface area contributed by atoms with Crippen molar-refractivity contribution in [3.05, 3.63) is 77.7 Å². The molecule has 0 bridgehead atoms. The Kier molecular flexibility index (Phi) is 8.40. The molecule has 172 valence electrons. The first kappa shape index (κ1) is 25.4. The summed E-state index contributed by atoms with van der Waals surface area (Å²) in [5.74, 6) is -0.469. The summed E-state index contributed by atoms with van der Waals surface area (Å²) in [7, 11) is -1.34. The van der Waals surface area contributed by atoms with Crippen molar-refractivity contribution in [1.29, 1.82) is 0 Å². The SMILES string of the molecule is C=C(/C(=C\C=C/C)C(F)(F)F)n1c(C)cc(C(=O)Nc2ccc(S(=O)NCC)cc2)c1C. The van der Waals surface area contributed by atoms with Crippen molar-refractivity contribution in [3.63, 3.8) is 0 Å². The number of hydrogen-bond donors (Lipinski definition) is 2. The van der Waals surface area contributed by atoms with Crippen LogP contribution in [0.4, 0.5) is 18.9 Å². The van der Waals surface area contributed by atoms with E-state index >= 15 is 0 Å². The summed E-state index contributed by atoms with van der Waals surface area (Å²) < 4.78 is 56.7. The number of aryl methyl sites for hydroxylation is 1. The van der Waals surface area contributed by atoms with E-state index in [1.165, 1.54) is 22.8 Å². The summed E-state index contributed by atoms with van der Waals surface area (Å²) in [5.41, 5.74) is 0.333. The molecule has 0 spiro atoms. The molecule has 1 atom stereocenters. The van der Waals surface area contributed by atoms with Gasteiger partial charge in [0.25, 0.3) is 5.91 Å². The van der Waals surface area contributed by atoms with E-state index in [4.69, 9.17) is 0 Å². The van der Waals surface area contributed by atoms with Crippen molar-refractivity contribution in [2.75, 3.05) is 11.9 Å². The summed E-state index contributed by atoms with van der Waals surface area (Å²) in [6.45, 7) is 10.8. The maximum Gasteiger partial charge on any atom is 0.418 e. The fourth-order valence-electron chi connectivity index (χ4n) is 3.15. The van der Waals surface area contributed by atoms with Gasteiger partial charge in [-0.05, 0) is 57.2 Å². The molecule has 0 saturated heterocycles. The van der Waals surface area contributed by atoms with E-state index in [-0.39, 0.29) is 11.3 Å². The molecule has 1 aromatic carbocycles. The van der Waals surface area contributed by atoms with Gasteiger partial charge in [0.15, 0.2) is 0 Å². The van der Waals surface area contributed by atoms with Crippen LogP contribution >= 0.6 is 0 Å². The van der Waals surface area contributed by atoms with Crippen LogP contribution in [0.1, 0.15) is 35.6 Å². The Morgan fingerprint density at radius 3 is 2.38 bits per heavy atom. The molecule has 0 saturated carbocycles. The summed E-state index contributed by atoms with van der Waals surface area (Å²) in [6.07, 6.45) is -0.856. The van der Waals surface area contributed by atoms with Gasteiger partial charge in [0.2, 0.25) is 0 Å². The van der Waals surface area contributed by atoms with Crippen molar-refractivity contribution < 1.29 is 22.2 Å². The van der Waals surface area contributed by atoms with E-state index in [9.17, 15) is 22.2 Å². The number of aromatic nitrogens is 1. The molecule has 5 nitrogen and oxygen atoms in total. The molecule has 0 fully saturated rings. The minimum Gasteiger partial charge on any atom is -0.322 e. The number of carbonyl (C=O) groups excluding carboxylic acids is 1. The number of anilines is 1. The van der Waals surface area contributed by atoms with Crippen molar-refractivity contribution in [2.45, 2.75) is 38.8 Å². The number of benzene rings is 1. The summed E-state index contributed by atoms with van der Waals surface area (Å²) in [5, 5.41) is 2.72. The zero-order valence-corrected chi connectivity index (χ0v) is 19.2. The maximum absolute atomic E-state index is 13.6. The lowest BCUT2D eigenvalue weighted by molar-refractivity contribution is -0.0874. The third-order valence-electron chi connectivity index (χ3n) is 4.62. The Balaban J connectivity index is 2.31. The number of halogens is 3. The third-order valence-corrected chi connectivity index (χ3v) is 5.87. The zero-order valence-electron chi connectivity index (χ0n) is 18.3. The van der Waals surface area contributed by atoms with E-state index < -0.39 is 28.6 Å². The Labute approximate surface area is 188 Å². The second-order valence-corrected chi connectivity index (χ2v) is 8.21. The molecule has 32 heavy (non-hydrogen) atoms. The van der Waals surface area contributed by atoms with Gasteiger partial charge in [-0.15, -0.1) is 0 Å². The van der Waals surface area contributed by atoms with Crippen molar-refractivity contribution in [2.24, 2.45) is 0 Å². The Morgan fingerprint density at radius 2 is 1.84 bits per heavy atom. The molecule has 1 unspecified atom stereocenters. The summed E-state index contributed by atoms with van der Waals surface area (Å²) in [4.78, 5) is 13.4. The standard InChI is InChI=1S/C23H26F3N3O2S/c1-6-8-9-21(23(24,25)26)17(5)29-15(3)14-20(16(29)4)22(30)28-18-10-12-19(13-11-18)32(31)27-7-2/h6,8-14,27H,5,7H2,1-4H3,(H,28,30)/b8-6-,21-9+. The lowest BCUT2D eigenvalue weighted by Gasteiger charge is -2.18. The third kappa shape index (κ3) is 5.86. The number of allylic oxidation sites excluding steroid dienone is 5. The molecule has 0 radical (unpaired) electrons. The predicted molar refractivity (Wildman–Crippen MR) is 123 cm³/mol. The van der Waals surface area contributed by atoms with Crippen LogP contribution in [0.5, 0.6) is 0 Å². The van der Waals surface area contributed by atoms with Gasteiger partial charge in [0.05, 0.1) is 21.7 Å². The zero-order chi connectivity index (χ0) is 24.1. The minimum atomic E-state index is -4.60. The molecule has 2 rings (SSSR count). The predicted octanol–water partition coefficient (Wildman–Crippen LogP) is 5.52. The second-order valence-electron chi connectivity index (χ2n) is 6.92. The highest BCUT2D eigenvalue weighted by molar-refractivity contribution is 7.83. The smallest absolute Gasteiger partial charge is 0.322 e. The monoisotopic (exact) mass is 465 g/mol. The molecule has 0 aliphatic carbocycles. The number of alkyl halides is 3. The highest BCUT2D eigenvalue weighted by Crippen LogP contribution is 2.35. The first-order chi connectivity index (χ1) is 15.0. The van der Waals surface area contributed by atoms with Gasteiger partial charge in [-0.1, -0.05) is 25.7 Å². The fourth-order valence-corrected chi connectivity index (χ4v) is 3.96. The largest absolute Gasteiger partial charge is 0.418 e. The molecule has 1 amide bonds. The van der Waals surface area contributed by atoms with Crippen LogP contribution in [0.15, 0.2) is 65.6 Å². The van der Waals surface area contributed by atoms with E-state index in [2.05, 4.69) is 16.6 Å². The molecule has 0 aliphatic rings. The average Bonchev–Trinajstić information content (AvgIpc) is 3.02. The van der Waals surface area contributed by atoms with E-state index in [0.717, 1.165) is 6.08 Å². The first-order valence-electron chi connectivity index (χ1n) is 9.86. The van der Waals surface area contributed by atoms with Crippen LogP contribution in [0.2, 0.25) is 0 Å². The lowest BCUT2D eigenvalue weighted by Crippen LogP contribution is -2.18. The maximum atomic E-state index is 13.6. The fraction of sp³-hybridized carbons (Fsp3) is 0.261. The van der Waals surface area contributed by atoms with Crippen molar-refractivity contribution in [3.8, 4) is 0 Å².